The number of ether oxygens (including phenoxy) is 1. The quantitative estimate of drug-likeness (QED) is 0.631. The zero-order valence-electron chi connectivity index (χ0n) is 15.7. The lowest BCUT2D eigenvalue weighted by atomic mass is 9.69. The first-order valence-corrected chi connectivity index (χ1v) is 9.81. The number of methoxy groups -OCH3 is 1. The predicted octanol–water partition coefficient (Wildman–Crippen LogP) is 3.92. The molecule has 0 radical (unpaired) electrons. The summed E-state index contributed by atoms with van der Waals surface area (Å²) in [6.07, 6.45) is 10.9. The third-order valence-corrected chi connectivity index (χ3v) is 5.49. The molecule has 4 heteroatoms. The molecule has 1 fully saturated rings. The Morgan fingerprint density at radius 2 is 1.76 bits per heavy atom. The summed E-state index contributed by atoms with van der Waals surface area (Å²) in [7, 11) is 1.69. The van der Waals surface area contributed by atoms with Crippen LogP contribution in [0.25, 0.3) is 0 Å². The predicted molar refractivity (Wildman–Crippen MR) is 103 cm³/mol. The lowest BCUT2D eigenvalue weighted by molar-refractivity contribution is -0.121. The Bertz CT molecular complexity index is 507. The summed E-state index contributed by atoms with van der Waals surface area (Å²) in [6, 6.07) is 8.40. The van der Waals surface area contributed by atoms with Gasteiger partial charge in [0.15, 0.2) is 0 Å². The fourth-order valence-corrected chi connectivity index (χ4v) is 3.88. The summed E-state index contributed by atoms with van der Waals surface area (Å²) in [5, 5.41) is 3.22. The van der Waals surface area contributed by atoms with Crippen LogP contribution in [0.3, 0.4) is 0 Å². The molecule has 0 aromatic heterocycles. The van der Waals surface area contributed by atoms with Crippen LogP contribution in [0.4, 0.5) is 0 Å². The molecule has 3 N–H and O–H groups in total. The van der Waals surface area contributed by atoms with E-state index in [0.29, 0.717) is 6.42 Å². The molecule has 4 nitrogen and oxygen atoms in total. The average Bonchev–Trinajstić information content (AvgIpc) is 2.67. The van der Waals surface area contributed by atoms with E-state index in [9.17, 15) is 4.79 Å². The average molecular weight is 347 g/mol. The fraction of sp³-hybridized carbons (Fsp3) is 0.667. The molecule has 0 atom stereocenters. The zero-order chi connectivity index (χ0) is 18.0. The summed E-state index contributed by atoms with van der Waals surface area (Å²) >= 11 is 0. The normalized spacial score (nSPS) is 16.4. The van der Waals surface area contributed by atoms with E-state index in [2.05, 4.69) is 17.4 Å². The maximum atomic E-state index is 12.2. The summed E-state index contributed by atoms with van der Waals surface area (Å²) in [4.78, 5) is 12.2. The van der Waals surface area contributed by atoms with Crippen molar-refractivity contribution in [3.63, 3.8) is 0 Å². The van der Waals surface area contributed by atoms with E-state index in [0.717, 1.165) is 57.4 Å². The van der Waals surface area contributed by atoms with Gasteiger partial charge in [-0.3, -0.25) is 4.79 Å². The van der Waals surface area contributed by atoms with Crippen molar-refractivity contribution in [3.8, 4) is 5.75 Å². The van der Waals surface area contributed by atoms with Gasteiger partial charge in [-0.2, -0.15) is 0 Å². The van der Waals surface area contributed by atoms with Crippen LogP contribution in [-0.2, 0) is 10.2 Å². The molecule has 0 unspecified atom stereocenters. The van der Waals surface area contributed by atoms with E-state index in [1.165, 1.54) is 24.8 Å². The van der Waals surface area contributed by atoms with Gasteiger partial charge in [-0.05, 0) is 49.9 Å². The minimum Gasteiger partial charge on any atom is -0.497 e. The number of unbranched alkanes of at least 4 members (excludes halogenated alkanes) is 3. The summed E-state index contributed by atoms with van der Waals surface area (Å²) in [6.45, 7) is 1.50. The molecule has 1 aliphatic rings. The molecule has 0 spiro atoms. The van der Waals surface area contributed by atoms with Crippen molar-refractivity contribution in [2.24, 2.45) is 5.73 Å². The van der Waals surface area contributed by atoms with Gasteiger partial charge in [-0.1, -0.05) is 44.2 Å². The van der Waals surface area contributed by atoms with Crippen molar-refractivity contribution in [2.75, 3.05) is 20.2 Å². The number of nitrogens with one attached hydrogen (secondary N) is 1. The van der Waals surface area contributed by atoms with Gasteiger partial charge in [-0.15, -0.1) is 0 Å². The van der Waals surface area contributed by atoms with Gasteiger partial charge in [0.05, 0.1) is 7.11 Å². The molecule has 1 saturated carbocycles. The summed E-state index contributed by atoms with van der Waals surface area (Å²) in [5.74, 6) is 1.07. The topological polar surface area (TPSA) is 64.3 Å². The van der Waals surface area contributed by atoms with Gasteiger partial charge >= 0.3 is 0 Å². The standard InChI is InChI=1S/C21H34N2O2/c1-25-19-12-10-18(11-13-19)21(14-6-4-7-15-21)17-23-20(24)9-5-2-3-8-16-22/h10-13H,2-9,14-17,22H2,1H3,(H,23,24). The van der Waals surface area contributed by atoms with Crippen molar-refractivity contribution in [1.29, 1.82) is 0 Å². The first-order valence-electron chi connectivity index (χ1n) is 9.81. The van der Waals surface area contributed by atoms with Crippen LogP contribution in [0.2, 0.25) is 0 Å². The number of hydrogen-bond donors (Lipinski definition) is 2. The largest absolute Gasteiger partial charge is 0.497 e. The lowest BCUT2D eigenvalue weighted by Gasteiger charge is -2.38. The number of amides is 1. The second-order valence-corrected chi connectivity index (χ2v) is 7.30. The Balaban J connectivity index is 1.90. The molecular weight excluding hydrogens is 312 g/mol. The Kier molecular flexibility index (Phi) is 8.26. The molecule has 0 bridgehead atoms. The summed E-state index contributed by atoms with van der Waals surface area (Å²) < 4.78 is 5.28. The SMILES string of the molecule is COc1ccc(C2(CNC(=O)CCCCCCN)CCCCC2)cc1. The molecule has 25 heavy (non-hydrogen) atoms. The van der Waals surface area contributed by atoms with Crippen molar-refractivity contribution in [3.05, 3.63) is 29.8 Å². The lowest BCUT2D eigenvalue weighted by Crippen LogP contribution is -2.42. The van der Waals surface area contributed by atoms with Crippen molar-refractivity contribution in [2.45, 2.75) is 69.6 Å². The molecule has 0 aliphatic heterocycles. The first-order chi connectivity index (χ1) is 12.2. The number of carbonyl (C=O) groups is 1. The van der Waals surface area contributed by atoms with Crippen LogP contribution in [0, 0.1) is 0 Å². The van der Waals surface area contributed by atoms with Crippen LogP contribution in [0.15, 0.2) is 24.3 Å². The number of carbonyl (C=O) groups excluding carboxylic acids is 1. The monoisotopic (exact) mass is 346 g/mol. The van der Waals surface area contributed by atoms with Crippen LogP contribution in [0.1, 0.15) is 69.8 Å². The number of nitrogens with two attached hydrogens (primary N) is 1. The highest BCUT2D eigenvalue weighted by molar-refractivity contribution is 5.76. The third kappa shape index (κ3) is 6.03. The molecular formula is C21H34N2O2. The van der Waals surface area contributed by atoms with Crippen LogP contribution < -0.4 is 15.8 Å². The van der Waals surface area contributed by atoms with E-state index >= 15 is 0 Å². The molecule has 1 aromatic carbocycles. The maximum Gasteiger partial charge on any atom is 0.220 e. The Morgan fingerprint density at radius 1 is 1.08 bits per heavy atom. The Hall–Kier alpha value is -1.55. The highest BCUT2D eigenvalue weighted by atomic mass is 16.5. The zero-order valence-corrected chi connectivity index (χ0v) is 15.7. The van der Waals surface area contributed by atoms with E-state index in [4.69, 9.17) is 10.5 Å². The van der Waals surface area contributed by atoms with Gasteiger partial charge in [0.1, 0.15) is 5.75 Å². The minimum atomic E-state index is 0.0831. The van der Waals surface area contributed by atoms with E-state index in [1.54, 1.807) is 7.11 Å². The minimum absolute atomic E-state index is 0.0831. The summed E-state index contributed by atoms with van der Waals surface area (Å²) in [5.41, 5.74) is 6.91. The molecule has 1 aliphatic carbocycles. The van der Waals surface area contributed by atoms with E-state index < -0.39 is 0 Å². The van der Waals surface area contributed by atoms with Crippen molar-refractivity contribution < 1.29 is 9.53 Å². The second-order valence-electron chi connectivity index (χ2n) is 7.30. The molecule has 140 valence electrons. The van der Waals surface area contributed by atoms with Gasteiger partial charge in [0.25, 0.3) is 0 Å². The molecule has 1 amide bonds. The Labute approximate surface area is 152 Å². The maximum absolute atomic E-state index is 12.2. The smallest absolute Gasteiger partial charge is 0.220 e. The highest BCUT2D eigenvalue weighted by Crippen LogP contribution is 2.39. The Morgan fingerprint density at radius 3 is 2.40 bits per heavy atom. The van der Waals surface area contributed by atoms with Gasteiger partial charge in [0.2, 0.25) is 5.91 Å². The molecule has 2 rings (SSSR count). The van der Waals surface area contributed by atoms with Crippen molar-refractivity contribution >= 4 is 5.91 Å². The number of hydrogen-bond acceptors (Lipinski definition) is 3. The highest BCUT2D eigenvalue weighted by Gasteiger charge is 2.34. The van der Waals surface area contributed by atoms with Gasteiger partial charge in [0, 0.05) is 18.4 Å². The van der Waals surface area contributed by atoms with Crippen molar-refractivity contribution in [1.82, 2.24) is 5.32 Å². The first kappa shape index (κ1) is 19.8. The fourth-order valence-electron chi connectivity index (χ4n) is 3.88. The van der Waals surface area contributed by atoms with E-state index in [1.807, 2.05) is 12.1 Å². The third-order valence-electron chi connectivity index (χ3n) is 5.49. The molecule has 1 aromatic rings. The van der Waals surface area contributed by atoms with Crippen LogP contribution >= 0.6 is 0 Å². The molecule has 0 heterocycles. The number of benzene rings is 1. The number of rotatable bonds is 10. The van der Waals surface area contributed by atoms with E-state index in [-0.39, 0.29) is 11.3 Å². The second kappa shape index (κ2) is 10.4. The van der Waals surface area contributed by atoms with Crippen LogP contribution in [-0.4, -0.2) is 26.1 Å². The van der Waals surface area contributed by atoms with Gasteiger partial charge < -0.3 is 15.8 Å². The van der Waals surface area contributed by atoms with Gasteiger partial charge in [-0.25, -0.2) is 0 Å². The van der Waals surface area contributed by atoms with Crippen LogP contribution in [0.5, 0.6) is 5.75 Å². The molecule has 0 saturated heterocycles.